The van der Waals surface area contributed by atoms with Crippen LogP contribution in [0.3, 0.4) is 0 Å². The zero-order valence-electron chi connectivity index (χ0n) is 11.2. The minimum absolute atomic E-state index is 0.251. The van der Waals surface area contributed by atoms with E-state index in [1.54, 1.807) is 23.5 Å². The molecule has 21 heavy (non-hydrogen) atoms. The van der Waals surface area contributed by atoms with Crippen LogP contribution in [0.1, 0.15) is 15.4 Å². The van der Waals surface area contributed by atoms with E-state index in [0.29, 0.717) is 5.76 Å². The summed E-state index contributed by atoms with van der Waals surface area (Å²) in [4.78, 5) is 13.1. The lowest BCUT2D eigenvalue weighted by Gasteiger charge is -2.07. The van der Waals surface area contributed by atoms with Crippen LogP contribution in [0.2, 0.25) is 0 Å². The number of thiophene rings is 1. The van der Waals surface area contributed by atoms with Crippen LogP contribution >= 0.6 is 11.3 Å². The Balaban J connectivity index is 1.57. The molecule has 2 N–H and O–H groups in total. The largest absolute Gasteiger partial charge is 0.459 e. The highest BCUT2D eigenvalue weighted by atomic mass is 32.1. The van der Waals surface area contributed by atoms with Crippen molar-refractivity contribution >= 4 is 28.6 Å². The van der Waals surface area contributed by atoms with Gasteiger partial charge in [0.15, 0.2) is 5.76 Å². The predicted octanol–water partition coefficient (Wildman–Crippen LogP) is 4.21. The smallest absolute Gasteiger partial charge is 0.291 e. The Hall–Kier alpha value is -2.53. The molecule has 0 bridgehead atoms. The van der Waals surface area contributed by atoms with Crippen molar-refractivity contribution in [1.29, 1.82) is 0 Å². The van der Waals surface area contributed by atoms with Crippen LogP contribution in [0.15, 0.2) is 64.6 Å². The van der Waals surface area contributed by atoms with E-state index in [1.165, 1.54) is 11.1 Å². The number of nitrogens with one attached hydrogen (secondary N) is 2. The molecule has 0 aliphatic rings. The van der Waals surface area contributed by atoms with Crippen molar-refractivity contribution in [1.82, 2.24) is 0 Å². The summed E-state index contributed by atoms with van der Waals surface area (Å²) in [5.74, 6) is 0.0502. The fourth-order valence-corrected chi connectivity index (χ4v) is 2.52. The predicted molar refractivity (Wildman–Crippen MR) is 84.7 cm³/mol. The fraction of sp³-hybridized carbons (Fsp3) is 0.0625. The van der Waals surface area contributed by atoms with Gasteiger partial charge in [-0.25, -0.2) is 0 Å². The van der Waals surface area contributed by atoms with Gasteiger partial charge in [0.2, 0.25) is 0 Å². The van der Waals surface area contributed by atoms with Crippen LogP contribution in [0.25, 0.3) is 0 Å². The lowest BCUT2D eigenvalue weighted by atomic mass is 10.2. The summed E-state index contributed by atoms with van der Waals surface area (Å²) in [6.07, 6.45) is 1.48. The summed E-state index contributed by atoms with van der Waals surface area (Å²) in [6, 6.07) is 15.0. The van der Waals surface area contributed by atoms with Crippen molar-refractivity contribution < 1.29 is 9.21 Å². The highest BCUT2D eigenvalue weighted by molar-refractivity contribution is 7.09. The molecule has 3 rings (SSSR count). The van der Waals surface area contributed by atoms with E-state index in [4.69, 9.17) is 4.42 Å². The van der Waals surface area contributed by atoms with Gasteiger partial charge in [-0.3, -0.25) is 4.79 Å². The Morgan fingerprint density at radius 2 is 1.86 bits per heavy atom. The molecule has 0 aliphatic heterocycles. The number of hydrogen-bond donors (Lipinski definition) is 2. The van der Waals surface area contributed by atoms with Gasteiger partial charge in [0.25, 0.3) is 5.91 Å². The quantitative estimate of drug-likeness (QED) is 0.742. The summed E-state index contributed by atoms with van der Waals surface area (Å²) in [6.45, 7) is 0.801. The van der Waals surface area contributed by atoms with Gasteiger partial charge < -0.3 is 15.1 Å². The number of amides is 1. The first kappa shape index (κ1) is 13.5. The molecule has 0 saturated carbocycles. The van der Waals surface area contributed by atoms with Gasteiger partial charge in [-0.1, -0.05) is 6.07 Å². The average Bonchev–Trinajstić information content (AvgIpc) is 3.20. The zero-order chi connectivity index (χ0) is 14.5. The molecule has 106 valence electrons. The topological polar surface area (TPSA) is 54.3 Å². The highest BCUT2D eigenvalue weighted by Crippen LogP contribution is 2.17. The summed E-state index contributed by atoms with van der Waals surface area (Å²) in [5.41, 5.74) is 1.75. The van der Waals surface area contributed by atoms with Gasteiger partial charge in [-0.2, -0.15) is 0 Å². The van der Waals surface area contributed by atoms with Crippen LogP contribution < -0.4 is 10.6 Å². The number of carbonyl (C=O) groups is 1. The zero-order valence-corrected chi connectivity index (χ0v) is 12.0. The molecule has 0 fully saturated rings. The van der Waals surface area contributed by atoms with E-state index < -0.39 is 0 Å². The standard InChI is InChI=1S/C16H14N2O2S/c19-16(15-4-1-9-20-15)18-13-7-5-12(6-8-13)17-11-14-3-2-10-21-14/h1-10,17H,11H2,(H,18,19). The maximum Gasteiger partial charge on any atom is 0.291 e. The molecule has 3 aromatic rings. The maximum absolute atomic E-state index is 11.8. The van der Waals surface area contributed by atoms with Gasteiger partial charge >= 0.3 is 0 Å². The molecular formula is C16H14N2O2S. The number of furan rings is 1. The number of anilines is 2. The number of carbonyl (C=O) groups excluding carboxylic acids is 1. The third-order valence-corrected chi connectivity index (χ3v) is 3.81. The molecule has 0 atom stereocenters. The third-order valence-electron chi connectivity index (χ3n) is 2.93. The Labute approximate surface area is 126 Å². The van der Waals surface area contributed by atoms with E-state index in [1.807, 2.05) is 30.3 Å². The van der Waals surface area contributed by atoms with Crippen molar-refractivity contribution in [3.05, 3.63) is 70.8 Å². The minimum atomic E-state index is -0.251. The average molecular weight is 298 g/mol. The molecule has 2 heterocycles. The van der Waals surface area contributed by atoms with Gasteiger partial charge in [0.1, 0.15) is 0 Å². The normalized spacial score (nSPS) is 10.3. The highest BCUT2D eigenvalue weighted by Gasteiger charge is 2.08. The number of hydrogen-bond acceptors (Lipinski definition) is 4. The molecule has 0 saturated heterocycles. The van der Waals surface area contributed by atoms with Crippen molar-refractivity contribution in [2.24, 2.45) is 0 Å². The lowest BCUT2D eigenvalue weighted by Crippen LogP contribution is -2.10. The van der Waals surface area contributed by atoms with Crippen LogP contribution in [0.5, 0.6) is 0 Å². The van der Waals surface area contributed by atoms with Gasteiger partial charge in [-0.05, 0) is 47.8 Å². The van der Waals surface area contributed by atoms with Crippen LogP contribution in [0.4, 0.5) is 11.4 Å². The van der Waals surface area contributed by atoms with Crippen LogP contribution in [0, 0.1) is 0 Å². The minimum Gasteiger partial charge on any atom is -0.459 e. The second-order valence-electron chi connectivity index (χ2n) is 4.44. The first-order chi connectivity index (χ1) is 10.3. The monoisotopic (exact) mass is 298 g/mol. The molecule has 1 amide bonds. The fourth-order valence-electron chi connectivity index (χ4n) is 1.87. The van der Waals surface area contributed by atoms with Gasteiger partial charge in [0.05, 0.1) is 6.26 Å². The Morgan fingerprint density at radius 1 is 1.05 bits per heavy atom. The summed E-state index contributed by atoms with van der Waals surface area (Å²) in [7, 11) is 0. The first-order valence-corrected chi connectivity index (χ1v) is 7.40. The Bertz CT molecular complexity index is 688. The molecule has 1 aromatic carbocycles. The van der Waals surface area contributed by atoms with Gasteiger partial charge in [-0.15, -0.1) is 11.3 Å². The number of benzene rings is 1. The van der Waals surface area contributed by atoms with Crippen molar-refractivity contribution in [2.75, 3.05) is 10.6 Å². The van der Waals surface area contributed by atoms with Crippen LogP contribution in [-0.2, 0) is 6.54 Å². The third kappa shape index (κ3) is 3.52. The molecule has 0 unspecified atom stereocenters. The van der Waals surface area contributed by atoms with E-state index in [0.717, 1.165) is 17.9 Å². The molecule has 5 heteroatoms. The van der Waals surface area contributed by atoms with E-state index in [9.17, 15) is 4.79 Å². The molecule has 2 aromatic heterocycles. The summed E-state index contributed by atoms with van der Waals surface area (Å²) >= 11 is 1.72. The second-order valence-corrected chi connectivity index (χ2v) is 5.47. The molecule has 0 spiro atoms. The Kier molecular flexibility index (Phi) is 4.02. The SMILES string of the molecule is O=C(Nc1ccc(NCc2cccs2)cc1)c1ccco1. The van der Waals surface area contributed by atoms with E-state index in [2.05, 4.69) is 22.1 Å². The van der Waals surface area contributed by atoms with Crippen molar-refractivity contribution in [3.63, 3.8) is 0 Å². The molecule has 0 radical (unpaired) electrons. The first-order valence-electron chi connectivity index (χ1n) is 6.52. The van der Waals surface area contributed by atoms with Crippen molar-refractivity contribution in [2.45, 2.75) is 6.54 Å². The lowest BCUT2D eigenvalue weighted by molar-refractivity contribution is 0.0996. The van der Waals surface area contributed by atoms with E-state index in [-0.39, 0.29) is 5.91 Å². The molecule has 4 nitrogen and oxygen atoms in total. The summed E-state index contributed by atoms with van der Waals surface area (Å²) < 4.78 is 5.05. The van der Waals surface area contributed by atoms with E-state index >= 15 is 0 Å². The Morgan fingerprint density at radius 3 is 2.52 bits per heavy atom. The second kappa shape index (κ2) is 6.28. The summed E-state index contributed by atoms with van der Waals surface area (Å²) in [5, 5.41) is 8.18. The number of rotatable bonds is 5. The molecule has 0 aliphatic carbocycles. The van der Waals surface area contributed by atoms with Crippen molar-refractivity contribution in [3.8, 4) is 0 Å². The van der Waals surface area contributed by atoms with Crippen LogP contribution in [-0.4, -0.2) is 5.91 Å². The maximum atomic E-state index is 11.8. The van der Waals surface area contributed by atoms with Gasteiger partial charge in [0, 0.05) is 22.8 Å². The molecular weight excluding hydrogens is 284 g/mol.